The Balaban J connectivity index is 1.99. The Hall–Kier alpha value is -2.42. The highest BCUT2D eigenvalue weighted by molar-refractivity contribution is 5.87. The molecule has 100 valence electrons. The van der Waals surface area contributed by atoms with Crippen LogP contribution in [0.2, 0.25) is 0 Å². The van der Waals surface area contributed by atoms with Gasteiger partial charge in [0.2, 0.25) is 0 Å². The van der Waals surface area contributed by atoms with E-state index in [4.69, 9.17) is 0 Å². The first-order chi connectivity index (χ1) is 9.76. The van der Waals surface area contributed by atoms with E-state index in [1.54, 1.807) is 0 Å². The molecule has 0 spiro atoms. The molecule has 1 heterocycles. The lowest BCUT2D eigenvalue weighted by molar-refractivity contribution is 1.02. The van der Waals surface area contributed by atoms with Crippen molar-refractivity contribution in [3.05, 3.63) is 54.1 Å². The van der Waals surface area contributed by atoms with E-state index in [1.165, 1.54) is 16.3 Å². The van der Waals surface area contributed by atoms with Crippen molar-refractivity contribution in [2.75, 3.05) is 11.9 Å². The normalized spacial score (nSPS) is 10.7. The summed E-state index contributed by atoms with van der Waals surface area (Å²) in [5, 5.41) is 14.1. The van der Waals surface area contributed by atoms with Crippen LogP contribution in [0.4, 0.5) is 5.82 Å². The van der Waals surface area contributed by atoms with E-state index in [1.807, 2.05) is 19.1 Å². The highest BCUT2D eigenvalue weighted by Crippen LogP contribution is 2.23. The lowest BCUT2D eigenvalue weighted by atomic mass is 10.0. The topological polar surface area (TPSA) is 37.8 Å². The number of aryl methyl sites for hydroxylation is 1. The molecule has 0 radical (unpaired) electrons. The molecule has 3 heteroatoms. The highest BCUT2D eigenvalue weighted by Gasteiger charge is 2.02. The van der Waals surface area contributed by atoms with E-state index in [9.17, 15) is 0 Å². The molecule has 3 rings (SSSR count). The van der Waals surface area contributed by atoms with Gasteiger partial charge in [0.25, 0.3) is 0 Å². The van der Waals surface area contributed by atoms with Crippen LogP contribution in [-0.2, 0) is 0 Å². The third-order valence-electron chi connectivity index (χ3n) is 3.31. The number of aromatic nitrogens is 2. The minimum Gasteiger partial charge on any atom is -0.369 e. The number of rotatable bonds is 3. The minimum atomic E-state index is 0.813. The maximum absolute atomic E-state index is 4.28. The van der Waals surface area contributed by atoms with E-state index < -0.39 is 0 Å². The number of hydrogen-bond acceptors (Lipinski definition) is 3. The molecule has 3 nitrogen and oxygen atoms in total. The van der Waals surface area contributed by atoms with E-state index in [-0.39, 0.29) is 0 Å². The van der Waals surface area contributed by atoms with E-state index in [0.717, 1.165) is 23.6 Å². The summed E-state index contributed by atoms with van der Waals surface area (Å²) in [5.41, 5.74) is 3.27. The summed E-state index contributed by atoms with van der Waals surface area (Å²) < 4.78 is 0. The predicted molar refractivity (Wildman–Crippen MR) is 83.9 cm³/mol. The zero-order valence-corrected chi connectivity index (χ0v) is 11.7. The molecule has 0 atom stereocenters. The van der Waals surface area contributed by atoms with Crippen LogP contribution in [0, 0.1) is 6.92 Å². The second kappa shape index (κ2) is 5.29. The summed E-state index contributed by atoms with van der Waals surface area (Å²) in [6.45, 7) is 5.00. The molecule has 0 saturated carbocycles. The smallest absolute Gasteiger partial charge is 0.148 e. The van der Waals surface area contributed by atoms with Gasteiger partial charge in [-0.25, -0.2) is 0 Å². The van der Waals surface area contributed by atoms with Gasteiger partial charge in [-0.15, -0.1) is 10.2 Å². The van der Waals surface area contributed by atoms with E-state index in [0.29, 0.717) is 0 Å². The number of nitrogens with one attached hydrogen (secondary N) is 1. The fraction of sp³-hybridized carbons (Fsp3) is 0.176. The average molecular weight is 263 g/mol. The molecule has 0 bridgehead atoms. The van der Waals surface area contributed by atoms with Crippen molar-refractivity contribution >= 4 is 16.6 Å². The van der Waals surface area contributed by atoms with Crippen molar-refractivity contribution in [2.45, 2.75) is 13.8 Å². The second-order valence-electron chi connectivity index (χ2n) is 4.90. The lowest BCUT2D eigenvalue weighted by Gasteiger charge is -2.05. The van der Waals surface area contributed by atoms with Gasteiger partial charge >= 0.3 is 0 Å². The molecular weight excluding hydrogens is 246 g/mol. The molecule has 20 heavy (non-hydrogen) atoms. The van der Waals surface area contributed by atoms with E-state index in [2.05, 4.69) is 58.8 Å². The fourth-order valence-electron chi connectivity index (χ4n) is 2.29. The maximum atomic E-state index is 4.28. The van der Waals surface area contributed by atoms with Crippen molar-refractivity contribution in [1.29, 1.82) is 0 Å². The first-order valence-electron chi connectivity index (χ1n) is 6.84. The van der Waals surface area contributed by atoms with Crippen LogP contribution in [0.15, 0.2) is 48.5 Å². The van der Waals surface area contributed by atoms with Crippen LogP contribution in [0.1, 0.15) is 12.5 Å². The van der Waals surface area contributed by atoms with Crippen molar-refractivity contribution in [1.82, 2.24) is 10.2 Å². The van der Waals surface area contributed by atoms with Gasteiger partial charge in [-0.2, -0.15) is 0 Å². The van der Waals surface area contributed by atoms with Gasteiger partial charge in [-0.1, -0.05) is 35.9 Å². The number of fused-ring (bicyclic) bond motifs is 1. The van der Waals surface area contributed by atoms with Gasteiger partial charge in [-0.3, -0.25) is 0 Å². The summed E-state index contributed by atoms with van der Waals surface area (Å²) in [7, 11) is 0. The molecule has 0 fully saturated rings. The third-order valence-corrected chi connectivity index (χ3v) is 3.31. The molecular formula is C17H17N3. The van der Waals surface area contributed by atoms with Crippen molar-refractivity contribution in [2.24, 2.45) is 0 Å². The number of hydrogen-bond donors (Lipinski definition) is 1. The lowest BCUT2D eigenvalue weighted by Crippen LogP contribution is -2.00. The maximum Gasteiger partial charge on any atom is 0.148 e. The Morgan fingerprint density at radius 2 is 1.70 bits per heavy atom. The standard InChI is InChI=1S/C17H17N3/c1-3-18-17-9-8-16(19-20-17)15-7-6-13-10-12(2)4-5-14(13)11-15/h4-11H,3H2,1-2H3,(H,18,20). The Morgan fingerprint density at radius 1 is 0.900 bits per heavy atom. The molecule has 2 aromatic carbocycles. The fourth-order valence-corrected chi connectivity index (χ4v) is 2.29. The molecule has 0 aliphatic heterocycles. The van der Waals surface area contributed by atoms with Gasteiger partial charge in [0.05, 0.1) is 5.69 Å². The molecule has 3 aromatic rings. The van der Waals surface area contributed by atoms with Gasteiger partial charge in [0.15, 0.2) is 0 Å². The Bertz CT molecular complexity index is 733. The monoisotopic (exact) mass is 263 g/mol. The molecule has 0 aliphatic carbocycles. The second-order valence-corrected chi connectivity index (χ2v) is 4.90. The first-order valence-corrected chi connectivity index (χ1v) is 6.84. The minimum absolute atomic E-state index is 0.813. The zero-order chi connectivity index (χ0) is 13.9. The Morgan fingerprint density at radius 3 is 2.45 bits per heavy atom. The van der Waals surface area contributed by atoms with Gasteiger partial charge < -0.3 is 5.32 Å². The van der Waals surface area contributed by atoms with Crippen molar-refractivity contribution in [3.8, 4) is 11.3 Å². The summed E-state index contributed by atoms with van der Waals surface area (Å²) >= 11 is 0. The van der Waals surface area contributed by atoms with Gasteiger partial charge in [0.1, 0.15) is 5.82 Å². The predicted octanol–water partition coefficient (Wildman–Crippen LogP) is 4.04. The van der Waals surface area contributed by atoms with Gasteiger partial charge in [-0.05, 0) is 42.8 Å². The highest BCUT2D eigenvalue weighted by atomic mass is 15.2. The van der Waals surface area contributed by atoms with Crippen molar-refractivity contribution < 1.29 is 0 Å². The van der Waals surface area contributed by atoms with Crippen molar-refractivity contribution in [3.63, 3.8) is 0 Å². The number of nitrogens with zero attached hydrogens (tertiary/aromatic N) is 2. The zero-order valence-electron chi connectivity index (χ0n) is 11.7. The van der Waals surface area contributed by atoms with Crippen LogP contribution in [0.3, 0.4) is 0 Å². The van der Waals surface area contributed by atoms with Crippen LogP contribution in [0.25, 0.3) is 22.0 Å². The van der Waals surface area contributed by atoms with Crippen LogP contribution in [-0.4, -0.2) is 16.7 Å². The average Bonchev–Trinajstić information content (AvgIpc) is 2.48. The summed E-state index contributed by atoms with van der Waals surface area (Å²) in [5.74, 6) is 0.813. The summed E-state index contributed by atoms with van der Waals surface area (Å²) in [6, 6.07) is 16.8. The molecule has 0 saturated heterocycles. The van der Waals surface area contributed by atoms with E-state index >= 15 is 0 Å². The number of benzene rings is 2. The Kier molecular flexibility index (Phi) is 3.33. The van der Waals surface area contributed by atoms with Gasteiger partial charge in [0, 0.05) is 12.1 Å². The molecule has 0 aliphatic rings. The molecule has 1 N–H and O–H groups in total. The van der Waals surface area contributed by atoms with Crippen LogP contribution in [0.5, 0.6) is 0 Å². The Labute approximate surface area is 118 Å². The SMILES string of the molecule is CCNc1ccc(-c2ccc3cc(C)ccc3c2)nn1. The van der Waals surface area contributed by atoms with Crippen LogP contribution >= 0.6 is 0 Å². The first kappa shape index (κ1) is 12.6. The summed E-state index contributed by atoms with van der Waals surface area (Å²) in [6.07, 6.45) is 0. The quantitative estimate of drug-likeness (QED) is 0.775. The number of anilines is 1. The molecule has 0 amide bonds. The largest absolute Gasteiger partial charge is 0.369 e. The summed E-state index contributed by atoms with van der Waals surface area (Å²) in [4.78, 5) is 0. The molecule has 0 unspecified atom stereocenters. The molecule has 1 aromatic heterocycles. The third kappa shape index (κ3) is 2.48. The van der Waals surface area contributed by atoms with Crippen LogP contribution < -0.4 is 5.32 Å².